The number of phenolic OH excluding ortho intramolecular Hbond substituents is 1. The van der Waals surface area contributed by atoms with Crippen LogP contribution in [0.5, 0.6) is 11.5 Å². The second kappa shape index (κ2) is 5.88. The highest BCUT2D eigenvalue weighted by Crippen LogP contribution is 2.22. The molecule has 0 fully saturated rings. The minimum absolute atomic E-state index is 0.0989. The van der Waals surface area contributed by atoms with E-state index in [-0.39, 0.29) is 23.5 Å². The van der Waals surface area contributed by atoms with E-state index in [2.05, 4.69) is 0 Å². The van der Waals surface area contributed by atoms with Gasteiger partial charge in [0, 0.05) is 0 Å². The van der Waals surface area contributed by atoms with Crippen LogP contribution in [-0.2, 0) is 6.61 Å². The van der Waals surface area contributed by atoms with Gasteiger partial charge in [0.25, 0.3) is 0 Å². The van der Waals surface area contributed by atoms with Gasteiger partial charge in [0.15, 0.2) is 6.29 Å². The van der Waals surface area contributed by atoms with Gasteiger partial charge in [-0.05, 0) is 35.9 Å². The van der Waals surface area contributed by atoms with E-state index in [0.29, 0.717) is 12.0 Å². The Balaban J connectivity index is 2.05. The molecule has 0 unspecified atom stereocenters. The van der Waals surface area contributed by atoms with Crippen LogP contribution in [0.1, 0.15) is 26.3 Å². The van der Waals surface area contributed by atoms with Crippen LogP contribution >= 0.6 is 0 Å². The summed E-state index contributed by atoms with van der Waals surface area (Å²) in [6.45, 7) is 0.239. The average Bonchev–Trinajstić information content (AvgIpc) is 2.46. The fraction of sp³-hybridized carbons (Fsp3) is 0.0667. The molecule has 0 saturated heterocycles. The number of aromatic carboxylic acids is 1. The van der Waals surface area contributed by atoms with E-state index in [9.17, 15) is 14.7 Å². The fourth-order valence-electron chi connectivity index (χ4n) is 1.63. The van der Waals surface area contributed by atoms with Crippen molar-refractivity contribution in [2.24, 2.45) is 0 Å². The van der Waals surface area contributed by atoms with Crippen LogP contribution in [0.25, 0.3) is 0 Å². The molecule has 0 aliphatic carbocycles. The Morgan fingerprint density at radius 1 is 1.15 bits per heavy atom. The standard InChI is InChI=1S/C15H12O5/c16-8-12-7-13(5-6-14(12)17)20-9-10-1-3-11(4-2-10)15(18)19/h1-8,17H,9H2,(H,18,19). The Kier molecular flexibility index (Phi) is 4.00. The van der Waals surface area contributed by atoms with Crippen LogP contribution in [0.3, 0.4) is 0 Å². The van der Waals surface area contributed by atoms with Crippen LogP contribution in [0.15, 0.2) is 42.5 Å². The van der Waals surface area contributed by atoms with Crippen molar-refractivity contribution in [3.63, 3.8) is 0 Å². The summed E-state index contributed by atoms with van der Waals surface area (Å²) in [7, 11) is 0. The Hall–Kier alpha value is -2.82. The number of rotatable bonds is 5. The molecule has 2 aromatic carbocycles. The van der Waals surface area contributed by atoms with Gasteiger partial charge in [-0.1, -0.05) is 12.1 Å². The number of benzene rings is 2. The molecule has 5 heteroatoms. The Morgan fingerprint density at radius 2 is 1.85 bits per heavy atom. The molecule has 0 aromatic heterocycles. The molecule has 0 spiro atoms. The summed E-state index contributed by atoms with van der Waals surface area (Å²) in [5.74, 6) is -0.628. The van der Waals surface area contributed by atoms with E-state index in [1.165, 1.54) is 24.3 Å². The van der Waals surface area contributed by atoms with Gasteiger partial charge in [0.2, 0.25) is 0 Å². The maximum absolute atomic E-state index is 10.7. The largest absolute Gasteiger partial charge is 0.507 e. The second-order valence-corrected chi connectivity index (χ2v) is 4.13. The van der Waals surface area contributed by atoms with Gasteiger partial charge in [0.05, 0.1) is 11.1 Å². The first-order valence-electron chi connectivity index (χ1n) is 5.83. The molecule has 2 aromatic rings. The van der Waals surface area contributed by atoms with E-state index in [1.54, 1.807) is 18.2 Å². The molecule has 102 valence electrons. The predicted molar refractivity (Wildman–Crippen MR) is 71.2 cm³/mol. The summed E-state index contributed by atoms with van der Waals surface area (Å²) in [4.78, 5) is 21.4. The highest BCUT2D eigenvalue weighted by atomic mass is 16.5. The number of carbonyl (C=O) groups is 2. The number of aromatic hydroxyl groups is 1. The van der Waals surface area contributed by atoms with Crippen LogP contribution in [0.4, 0.5) is 0 Å². The van der Waals surface area contributed by atoms with Crippen molar-refractivity contribution >= 4 is 12.3 Å². The number of carbonyl (C=O) groups excluding carboxylic acids is 1. The van der Waals surface area contributed by atoms with Crippen molar-refractivity contribution in [3.8, 4) is 11.5 Å². The minimum atomic E-state index is -0.980. The average molecular weight is 272 g/mol. The number of aldehydes is 1. The molecule has 20 heavy (non-hydrogen) atoms. The number of phenols is 1. The predicted octanol–water partition coefficient (Wildman–Crippen LogP) is 2.48. The quantitative estimate of drug-likeness (QED) is 0.817. The zero-order chi connectivity index (χ0) is 14.5. The minimum Gasteiger partial charge on any atom is -0.507 e. The molecule has 2 rings (SSSR count). The van der Waals surface area contributed by atoms with Gasteiger partial charge in [0.1, 0.15) is 18.1 Å². The summed E-state index contributed by atoms with van der Waals surface area (Å²) in [5.41, 5.74) is 1.17. The second-order valence-electron chi connectivity index (χ2n) is 4.13. The van der Waals surface area contributed by atoms with E-state index < -0.39 is 5.97 Å². The summed E-state index contributed by atoms with van der Waals surface area (Å²) in [6.07, 6.45) is 0.545. The van der Waals surface area contributed by atoms with E-state index in [4.69, 9.17) is 9.84 Å². The van der Waals surface area contributed by atoms with E-state index in [1.807, 2.05) is 0 Å². The Labute approximate surface area is 115 Å². The van der Waals surface area contributed by atoms with Gasteiger partial charge < -0.3 is 14.9 Å². The number of hydrogen-bond acceptors (Lipinski definition) is 4. The molecule has 0 atom stereocenters. The van der Waals surface area contributed by atoms with E-state index in [0.717, 1.165) is 5.56 Å². The van der Waals surface area contributed by atoms with Crippen molar-refractivity contribution in [2.45, 2.75) is 6.61 Å². The number of carboxylic acid groups (broad SMARTS) is 1. The Morgan fingerprint density at radius 3 is 2.45 bits per heavy atom. The summed E-state index contributed by atoms with van der Waals surface area (Å²) < 4.78 is 5.47. The molecule has 0 aliphatic rings. The van der Waals surface area contributed by atoms with Crippen molar-refractivity contribution in [1.82, 2.24) is 0 Å². The third-order valence-corrected chi connectivity index (χ3v) is 2.73. The van der Waals surface area contributed by atoms with E-state index >= 15 is 0 Å². The first-order chi connectivity index (χ1) is 9.60. The summed E-state index contributed by atoms with van der Waals surface area (Å²) in [6, 6.07) is 10.7. The monoisotopic (exact) mass is 272 g/mol. The highest BCUT2D eigenvalue weighted by molar-refractivity contribution is 5.87. The maximum atomic E-state index is 10.7. The molecular weight excluding hydrogens is 260 g/mol. The fourth-order valence-corrected chi connectivity index (χ4v) is 1.63. The summed E-state index contributed by atoms with van der Waals surface area (Å²) in [5, 5.41) is 18.1. The number of hydrogen-bond donors (Lipinski definition) is 2. The highest BCUT2D eigenvalue weighted by Gasteiger charge is 2.04. The topological polar surface area (TPSA) is 83.8 Å². The molecule has 0 saturated carbocycles. The summed E-state index contributed by atoms with van der Waals surface area (Å²) >= 11 is 0. The molecular formula is C15H12O5. The molecule has 0 radical (unpaired) electrons. The van der Waals surface area contributed by atoms with Gasteiger partial charge >= 0.3 is 5.97 Å². The third kappa shape index (κ3) is 3.14. The van der Waals surface area contributed by atoms with Gasteiger partial charge in [-0.2, -0.15) is 0 Å². The van der Waals surface area contributed by atoms with Crippen LogP contribution in [-0.4, -0.2) is 22.5 Å². The maximum Gasteiger partial charge on any atom is 0.335 e. The number of carboxylic acids is 1. The van der Waals surface area contributed by atoms with Crippen molar-refractivity contribution in [2.75, 3.05) is 0 Å². The van der Waals surface area contributed by atoms with Gasteiger partial charge in [-0.3, -0.25) is 4.79 Å². The van der Waals surface area contributed by atoms with Crippen molar-refractivity contribution in [1.29, 1.82) is 0 Å². The lowest BCUT2D eigenvalue weighted by Crippen LogP contribution is -1.99. The van der Waals surface area contributed by atoms with Crippen LogP contribution in [0, 0.1) is 0 Å². The molecule has 0 amide bonds. The lowest BCUT2D eigenvalue weighted by Gasteiger charge is -2.07. The normalized spacial score (nSPS) is 10.0. The molecule has 0 aliphatic heterocycles. The van der Waals surface area contributed by atoms with Gasteiger partial charge in [-0.25, -0.2) is 4.79 Å². The smallest absolute Gasteiger partial charge is 0.335 e. The lowest BCUT2D eigenvalue weighted by molar-refractivity contribution is 0.0696. The molecule has 0 heterocycles. The zero-order valence-corrected chi connectivity index (χ0v) is 10.4. The van der Waals surface area contributed by atoms with Gasteiger partial charge in [-0.15, -0.1) is 0 Å². The lowest BCUT2D eigenvalue weighted by atomic mass is 10.1. The number of ether oxygens (including phenoxy) is 1. The SMILES string of the molecule is O=Cc1cc(OCc2ccc(C(=O)O)cc2)ccc1O. The van der Waals surface area contributed by atoms with Crippen LogP contribution < -0.4 is 4.74 Å². The molecule has 5 nitrogen and oxygen atoms in total. The molecule has 2 N–H and O–H groups in total. The van der Waals surface area contributed by atoms with Crippen molar-refractivity contribution in [3.05, 3.63) is 59.2 Å². The zero-order valence-electron chi connectivity index (χ0n) is 10.4. The third-order valence-electron chi connectivity index (χ3n) is 2.73. The first kappa shape index (κ1) is 13.6. The van der Waals surface area contributed by atoms with Crippen molar-refractivity contribution < 1.29 is 24.5 Å². The van der Waals surface area contributed by atoms with Crippen LogP contribution in [0.2, 0.25) is 0 Å². The first-order valence-corrected chi connectivity index (χ1v) is 5.83. The Bertz CT molecular complexity index is 631. The molecule has 0 bridgehead atoms.